The maximum absolute atomic E-state index is 10.6. The molecule has 0 spiro atoms. The van der Waals surface area contributed by atoms with Crippen molar-refractivity contribution in [3.63, 3.8) is 0 Å². The van der Waals surface area contributed by atoms with Crippen molar-refractivity contribution in [3.05, 3.63) is 29.3 Å². The highest BCUT2D eigenvalue weighted by molar-refractivity contribution is 7.99. The Bertz CT molecular complexity index is 389. The number of rotatable bonds is 2. The number of esters is 1. The van der Waals surface area contributed by atoms with Gasteiger partial charge >= 0.3 is 5.97 Å². The van der Waals surface area contributed by atoms with E-state index in [2.05, 4.69) is 16.6 Å². The van der Waals surface area contributed by atoms with Gasteiger partial charge in [0.15, 0.2) is 0 Å². The zero-order valence-corrected chi connectivity index (χ0v) is 9.69. The zero-order chi connectivity index (χ0) is 11.1. The molecule has 0 aliphatic heterocycles. The van der Waals surface area contributed by atoms with Crippen LogP contribution in [0, 0.1) is 11.8 Å². The first-order chi connectivity index (χ1) is 7.22. The molecule has 0 unspecified atom stereocenters. The van der Waals surface area contributed by atoms with Crippen LogP contribution in [0.1, 0.15) is 0 Å². The summed E-state index contributed by atoms with van der Waals surface area (Å²) in [5.41, 5.74) is 0. The largest absolute Gasteiger partial charge is 0.459 e. The van der Waals surface area contributed by atoms with Gasteiger partial charge in [-0.2, -0.15) is 0 Å². The number of carbonyl (C=O) groups excluding carboxylic acids is 1. The lowest BCUT2D eigenvalue weighted by atomic mass is 10.4. The van der Waals surface area contributed by atoms with Gasteiger partial charge in [-0.15, -0.1) is 11.8 Å². The first kappa shape index (κ1) is 12.0. The van der Waals surface area contributed by atoms with E-state index in [1.165, 1.54) is 7.11 Å². The topological polar surface area (TPSA) is 26.3 Å². The molecule has 0 aliphatic rings. The second-order valence-electron chi connectivity index (χ2n) is 2.54. The Balaban J connectivity index is 2.40. The predicted molar refractivity (Wildman–Crippen MR) is 62.0 cm³/mol. The molecule has 1 rings (SSSR count). The van der Waals surface area contributed by atoms with Gasteiger partial charge in [-0.1, -0.05) is 17.5 Å². The maximum Gasteiger partial charge on any atom is 0.384 e. The van der Waals surface area contributed by atoms with Crippen LogP contribution in [0.5, 0.6) is 0 Å². The van der Waals surface area contributed by atoms with E-state index in [0.717, 1.165) is 4.90 Å². The SMILES string of the molecule is COC(=O)C#CCSc1ccc(Cl)cc1. The van der Waals surface area contributed by atoms with Crippen LogP contribution in [0.3, 0.4) is 0 Å². The van der Waals surface area contributed by atoms with Crippen molar-refractivity contribution in [1.82, 2.24) is 0 Å². The monoisotopic (exact) mass is 240 g/mol. The number of methoxy groups -OCH3 is 1. The zero-order valence-electron chi connectivity index (χ0n) is 8.12. The lowest BCUT2D eigenvalue weighted by Crippen LogP contribution is -1.94. The van der Waals surface area contributed by atoms with Crippen LogP contribution in [0.25, 0.3) is 0 Å². The highest BCUT2D eigenvalue weighted by atomic mass is 35.5. The number of ether oxygens (including phenoxy) is 1. The average molecular weight is 241 g/mol. The minimum Gasteiger partial charge on any atom is -0.459 e. The summed E-state index contributed by atoms with van der Waals surface area (Å²) < 4.78 is 4.38. The van der Waals surface area contributed by atoms with Gasteiger partial charge in [0, 0.05) is 15.8 Å². The quantitative estimate of drug-likeness (QED) is 0.344. The van der Waals surface area contributed by atoms with Crippen LogP contribution in [0.4, 0.5) is 0 Å². The molecule has 0 aromatic heterocycles. The van der Waals surface area contributed by atoms with E-state index in [9.17, 15) is 4.79 Å². The van der Waals surface area contributed by atoms with E-state index in [1.54, 1.807) is 11.8 Å². The fraction of sp³-hybridized carbons (Fsp3) is 0.182. The average Bonchev–Trinajstić information content (AvgIpc) is 2.26. The van der Waals surface area contributed by atoms with Crippen molar-refractivity contribution in [2.45, 2.75) is 4.90 Å². The van der Waals surface area contributed by atoms with Crippen LogP contribution in [-0.4, -0.2) is 18.8 Å². The third-order valence-electron chi connectivity index (χ3n) is 1.50. The highest BCUT2D eigenvalue weighted by Crippen LogP contribution is 2.19. The van der Waals surface area contributed by atoms with E-state index in [1.807, 2.05) is 24.3 Å². The molecule has 78 valence electrons. The first-order valence-corrected chi connectivity index (χ1v) is 5.54. The van der Waals surface area contributed by atoms with Crippen LogP contribution in [0.2, 0.25) is 5.02 Å². The molecular weight excluding hydrogens is 232 g/mol. The van der Waals surface area contributed by atoms with Gasteiger partial charge in [0.05, 0.1) is 12.9 Å². The second kappa shape index (κ2) is 6.39. The molecule has 15 heavy (non-hydrogen) atoms. The molecule has 1 aromatic rings. The van der Waals surface area contributed by atoms with Gasteiger partial charge in [0.1, 0.15) is 0 Å². The van der Waals surface area contributed by atoms with Gasteiger partial charge < -0.3 is 4.74 Å². The Hall–Kier alpha value is -1.11. The van der Waals surface area contributed by atoms with Crippen molar-refractivity contribution in [3.8, 4) is 11.8 Å². The summed E-state index contributed by atoms with van der Waals surface area (Å²) in [5, 5.41) is 0.708. The summed E-state index contributed by atoms with van der Waals surface area (Å²) >= 11 is 7.28. The Morgan fingerprint density at radius 1 is 1.47 bits per heavy atom. The van der Waals surface area contributed by atoms with Crippen molar-refractivity contribution in [1.29, 1.82) is 0 Å². The third-order valence-corrected chi connectivity index (χ3v) is 2.65. The second-order valence-corrected chi connectivity index (χ2v) is 4.02. The molecule has 2 nitrogen and oxygen atoms in total. The van der Waals surface area contributed by atoms with E-state index in [0.29, 0.717) is 10.8 Å². The Kier molecular flexibility index (Phi) is 5.09. The van der Waals surface area contributed by atoms with Gasteiger partial charge in [0.2, 0.25) is 0 Å². The standard InChI is InChI=1S/C11H9ClO2S/c1-14-11(13)3-2-8-15-10-6-4-9(12)5-7-10/h4-7H,8H2,1H3. The number of benzene rings is 1. The Labute approximate surface area is 98.0 Å². The number of carbonyl (C=O) groups is 1. The number of hydrogen-bond donors (Lipinski definition) is 0. The number of thioether (sulfide) groups is 1. The molecule has 4 heteroatoms. The Morgan fingerprint density at radius 2 is 2.13 bits per heavy atom. The smallest absolute Gasteiger partial charge is 0.384 e. The van der Waals surface area contributed by atoms with Crippen molar-refractivity contribution in [2.24, 2.45) is 0 Å². The fourth-order valence-corrected chi connectivity index (χ4v) is 1.58. The molecule has 1 aromatic carbocycles. The van der Waals surface area contributed by atoms with Crippen molar-refractivity contribution in [2.75, 3.05) is 12.9 Å². The van der Waals surface area contributed by atoms with Gasteiger partial charge in [-0.3, -0.25) is 0 Å². The minimum absolute atomic E-state index is 0.508. The van der Waals surface area contributed by atoms with Crippen LogP contribution < -0.4 is 0 Å². The number of halogens is 1. The van der Waals surface area contributed by atoms with Crippen LogP contribution >= 0.6 is 23.4 Å². The predicted octanol–water partition coefficient (Wildman–Crippen LogP) is 2.61. The normalized spacial score (nSPS) is 8.93. The lowest BCUT2D eigenvalue weighted by molar-refractivity contribution is -0.133. The fourth-order valence-electron chi connectivity index (χ4n) is 0.810. The first-order valence-electron chi connectivity index (χ1n) is 4.17. The maximum atomic E-state index is 10.6. The van der Waals surface area contributed by atoms with Crippen molar-refractivity contribution >= 4 is 29.3 Å². The molecule has 0 amide bonds. The van der Waals surface area contributed by atoms with E-state index in [4.69, 9.17) is 11.6 Å². The molecule has 0 heterocycles. The molecule has 0 saturated heterocycles. The molecule has 0 aliphatic carbocycles. The van der Waals surface area contributed by atoms with E-state index < -0.39 is 5.97 Å². The minimum atomic E-state index is -0.508. The van der Waals surface area contributed by atoms with Crippen LogP contribution in [-0.2, 0) is 9.53 Å². The molecule has 0 saturated carbocycles. The molecule has 0 bridgehead atoms. The van der Waals surface area contributed by atoms with Crippen LogP contribution in [0.15, 0.2) is 29.2 Å². The summed E-state index contributed by atoms with van der Waals surface area (Å²) in [5.74, 6) is 5.11. The molecule has 0 radical (unpaired) electrons. The summed E-state index contributed by atoms with van der Waals surface area (Å²) in [4.78, 5) is 11.7. The van der Waals surface area contributed by atoms with Gasteiger partial charge in [-0.25, -0.2) is 4.79 Å². The Morgan fingerprint density at radius 3 is 2.73 bits per heavy atom. The van der Waals surface area contributed by atoms with E-state index in [-0.39, 0.29) is 0 Å². The van der Waals surface area contributed by atoms with Crippen molar-refractivity contribution < 1.29 is 9.53 Å². The summed E-state index contributed by atoms with van der Waals surface area (Å²) in [7, 11) is 1.31. The summed E-state index contributed by atoms with van der Waals surface area (Å²) in [6.07, 6.45) is 0. The van der Waals surface area contributed by atoms with Gasteiger partial charge in [0.25, 0.3) is 0 Å². The molecular formula is C11H9ClO2S. The van der Waals surface area contributed by atoms with Gasteiger partial charge in [-0.05, 0) is 24.3 Å². The number of hydrogen-bond acceptors (Lipinski definition) is 3. The molecule has 0 atom stereocenters. The molecule has 0 N–H and O–H groups in total. The summed E-state index contributed by atoms with van der Waals surface area (Å²) in [6.45, 7) is 0. The highest BCUT2D eigenvalue weighted by Gasteiger charge is 1.92. The van der Waals surface area contributed by atoms with E-state index >= 15 is 0 Å². The summed E-state index contributed by atoms with van der Waals surface area (Å²) in [6, 6.07) is 7.45. The lowest BCUT2D eigenvalue weighted by Gasteiger charge is -1.96. The third kappa shape index (κ3) is 4.78. The molecule has 0 fully saturated rings.